The van der Waals surface area contributed by atoms with E-state index < -0.39 is 8.07 Å². The molecule has 0 aromatic heterocycles. The zero-order valence-corrected chi connectivity index (χ0v) is 12.7. The molecule has 2 heteroatoms. The Bertz CT molecular complexity index is 322. The molecule has 0 N–H and O–H groups in total. The topological polar surface area (TPSA) is 0 Å². The highest BCUT2D eigenvalue weighted by molar-refractivity contribution is 6.91. The van der Waals surface area contributed by atoms with Crippen LogP contribution in [-0.2, 0) is 0 Å². The summed E-state index contributed by atoms with van der Waals surface area (Å²) >= 11 is 0. The summed E-state index contributed by atoms with van der Waals surface area (Å²) < 4.78 is 0. The first-order valence-corrected chi connectivity index (χ1v) is 9.40. The molecular weight excluding hydrogens is 188 g/mol. The first-order chi connectivity index (χ1) is 5.82. The maximum absolute atomic E-state index is 2.43. The van der Waals surface area contributed by atoms with Crippen LogP contribution in [0.5, 0.6) is 0 Å². The maximum atomic E-state index is 2.43. The van der Waals surface area contributed by atoms with Crippen molar-refractivity contribution in [2.45, 2.75) is 33.5 Å². The molecule has 0 amide bonds. The van der Waals surface area contributed by atoms with Crippen LogP contribution in [0, 0.1) is 13.8 Å². The Balaban J connectivity index is 3.32. The van der Waals surface area contributed by atoms with Crippen LogP contribution in [0.2, 0.25) is 19.6 Å². The Kier molecular flexibility index (Phi) is 2.83. The van der Waals surface area contributed by atoms with Crippen molar-refractivity contribution in [3.05, 3.63) is 23.3 Å². The first kappa shape index (κ1) is 10.7. The van der Waals surface area contributed by atoms with Gasteiger partial charge in [0, 0.05) is 10.2 Å². The van der Waals surface area contributed by atoms with Crippen molar-refractivity contribution in [2.75, 3.05) is 0 Å². The van der Waals surface area contributed by atoms with Gasteiger partial charge in [-0.1, -0.05) is 42.1 Å². The SMILES string of the molecule is Cc1cc([SiH3])c([Si](C)(C)C)cc1C. The number of hydrogen-bond acceptors (Lipinski definition) is 0. The zero-order valence-electron chi connectivity index (χ0n) is 9.65. The van der Waals surface area contributed by atoms with Crippen molar-refractivity contribution in [3.63, 3.8) is 0 Å². The third-order valence-electron chi connectivity index (χ3n) is 2.65. The fourth-order valence-corrected chi connectivity index (χ4v) is 6.50. The summed E-state index contributed by atoms with van der Waals surface area (Å²) in [4.78, 5) is 0. The third-order valence-corrected chi connectivity index (χ3v) is 6.13. The molecule has 0 radical (unpaired) electrons. The lowest BCUT2D eigenvalue weighted by Crippen LogP contribution is -2.47. The van der Waals surface area contributed by atoms with Crippen LogP contribution in [0.15, 0.2) is 12.1 Å². The lowest BCUT2D eigenvalue weighted by molar-refractivity contribution is 1.36. The van der Waals surface area contributed by atoms with Crippen LogP contribution in [0.1, 0.15) is 11.1 Å². The van der Waals surface area contributed by atoms with E-state index in [1.165, 1.54) is 21.4 Å². The Morgan fingerprint density at radius 3 is 1.92 bits per heavy atom. The van der Waals surface area contributed by atoms with Gasteiger partial charge in [-0.15, -0.1) is 0 Å². The molecule has 0 spiro atoms. The lowest BCUT2D eigenvalue weighted by Gasteiger charge is -2.21. The molecule has 0 heterocycles. The van der Waals surface area contributed by atoms with Gasteiger partial charge in [-0.25, -0.2) is 0 Å². The van der Waals surface area contributed by atoms with Crippen molar-refractivity contribution in [2.24, 2.45) is 0 Å². The minimum Gasteiger partial charge on any atom is -0.0712 e. The van der Waals surface area contributed by atoms with Crippen LogP contribution in [-0.4, -0.2) is 18.3 Å². The van der Waals surface area contributed by atoms with Gasteiger partial charge >= 0.3 is 0 Å². The van der Waals surface area contributed by atoms with Gasteiger partial charge in [-0.3, -0.25) is 0 Å². The molecule has 0 unspecified atom stereocenters. The van der Waals surface area contributed by atoms with Crippen molar-refractivity contribution in [1.29, 1.82) is 0 Å². The standard InChI is InChI=1S/C11H20Si2/c1-8-6-10(12)11(7-9(8)2)13(3,4)5/h6-7H,1-5,12H3. The van der Waals surface area contributed by atoms with Gasteiger partial charge in [0.1, 0.15) is 0 Å². The summed E-state index contributed by atoms with van der Waals surface area (Å²) in [7, 11) is 0.0900. The molecule has 72 valence electrons. The second kappa shape index (κ2) is 3.42. The number of hydrogen-bond donors (Lipinski definition) is 0. The Hall–Kier alpha value is -0.346. The van der Waals surface area contributed by atoms with Gasteiger partial charge < -0.3 is 0 Å². The van der Waals surface area contributed by atoms with Crippen LogP contribution in [0.3, 0.4) is 0 Å². The van der Waals surface area contributed by atoms with E-state index in [4.69, 9.17) is 0 Å². The monoisotopic (exact) mass is 208 g/mol. The predicted octanol–water partition coefficient (Wildman–Crippen LogP) is 0.839. The van der Waals surface area contributed by atoms with Gasteiger partial charge in [0.2, 0.25) is 0 Å². The molecule has 0 aliphatic heterocycles. The van der Waals surface area contributed by atoms with Gasteiger partial charge in [-0.05, 0) is 25.0 Å². The highest BCUT2D eigenvalue weighted by atomic mass is 28.3. The van der Waals surface area contributed by atoms with Gasteiger partial charge in [-0.2, -0.15) is 0 Å². The lowest BCUT2D eigenvalue weighted by atomic mass is 10.1. The minimum absolute atomic E-state index is 1.10. The number of rotatable bonds is 1. The van der Waals surface area contributed by atoms with Crippen molar-refractivity contribution in [3.8, 4) is 0 Å². The van der Waals surface area contributed by atoms with Crippen LogP contribution in [0.4, 0.5) is 0 Å². The second-order valence-corrected chi connectivity index (χ2v) is 11.1. The van der Waals surface area contributed by atoms with Crippen LogP contribution < -0.4 is 10.4 Å². The summed E-state index contributed by atoms with van der Waals surface area (Å²) in [5, 5.41) is 3.28. The molecule has 13 heavy (non-hydrogen) atoms. The fraction of sp³-hybridized carbons (Fsp3) is 0.455. The Morgan fingerprint density at radius 1 is 1.00 bits per heavy atom. The predicted molar refractivity (Wildman–Crippen MR) is 68.5 cm³/mol. The summed E-state index contributed by atoms with van der Waals surface area (Å²) in [6.45, 7) is 11.7. The minimum atomic E-state index is -1.10. The average molecular weight is 208 g/mol. The van der Waals surface area contributed by atoms with Crippen LogP contribution >= 0.6 is 0 Å². The first-order valence-electron chi connectivity index (χ1n) is 4.90. The molecule has 0 bridgehead atoms. The van der Waals surface area contributed by atoms with E-state index in [-0.39, 0.29) is 0 Å². The summed E-state index contributed by atoms with van der Waals surface area (Å²) in [5.74, 6) is 0. The Morgan fingerprint density at radius 2 is 1.46 bits per heavy atom. The molecule has 1 aromatic carbocycles. The molecule has 0 saturated heterocycles. The van der Waals surface area contributed by atoms with Gasteiger partial charge in [0.25, 0.3) is 0 Å². The highest BCUT2D eigenvalue weighted by Gasteiger charge is 2.18. The summed E-state index contributed by atoms with van der Waals surface area (Å²) in [6.07, 6.45) is 0. The number of benzene rings is 1. The summed E-state index contributed by atoms with van der Waals surface area (Å²) in [5.41, 5.74) is 2.91. The fourth-order valence-electron chi connectivity index (χ4n) is 1.77. The summed E-state index contributed by atoms with van der Waals surface area (Å²) in [6, 6.07) is 4.80. The second-order valence-electron chi connectivity index (χ2n) is 5.00. The van der Waals surface area contributed by atoms with E-state index in [0.29, 0.717) is 0 Å². The molecule has 0 aliphatic rings. The molecule has 1 rings (SSSR count). The molecule has 0 nitrogen and oxygen atoms in total. The van der Waals surface area contributed by atoms with E-state index in [1.807, 2.05) is 0 Å². The molecule has 1 aromatic rings. The number of aryl methyl sites for hydroxylation is 2. The molecule has 0 saturated carbocycles. The van der Waals surface area contributed by atoms with Crippen molar-refractivity contribution in [1.82, 2.24) is 0 Å². The molecule has 0 aliphatic carbocycles. The maximum Gasteiger partial charge on any atom is 0.0774 e. The molecule has 0 fully saturated rings. The van der Waals surface area contributed by atoms with E-state index >= 15 is 0 Å². The quantitative estimate of drug-likeness (QED) is 0.600. The molecular formula is C11H20Si2. The largest absolute Gasteiger partial charge is 0.0774 e. The zero-order chi connectivity index (χ0) is 10.2. The Labute approximate surface area is 85.8 Å². The highest BCUT2D eigenvalue weighted by Crippen LogP contribution is 2.06. The van der Waals surface area contributed by atoms with E-state index in [1.54, 1.807) is 10.4 Å². The van der Waals surface area contributed by atoms with Crippen molar-refractivity contribution < 1.29 is 0 Å². The average Bonchev–Trinajstić information content (AvgIpc) is 1.94. The van der Waals surface area contributed by atoms with Gasteiger partial charge in [0.05, 0.1) is 8.07 Å². The van der Waals surface area contributed by atoms with Crippen molar-refractivity contribution >= 4 is 28.7 Å². The third kappa shape index (κ3) is 2.32. The van der Waals surface area contributed by atoms with Gasteiger partial charge in [0.15, 0.2) is 0 Å². The van der Waals surface area contributed by atoms with E-state index in [0.717, 1.165) is 0 Å². The smallest absolute Gasteiger partial charge is 0.0712 e. The van der Waals surface area contributed by atoms with E-state index in [9.17, 15) is 0 Å². The molecule has 0 atom stereocenters. The van der Waals surface area contributed by atoms with E-state index in [2.05, 4.69) is 45.6 Å². The van der Waals surface area contributed by atoms with Crippen LogP contribution in [0.25, 0.3) is 0 Å². The normalized spacial score (nSPS) is 12.1.